The molecule has 0 saturated heterocycles. The third-order valence-electron chi connectivity index (χ3n) is 15.8. The van der Waals surface area contributed by atoms with E-state index in [0.717, 1.165) is 83.5 Å². The zero-order valence-corrected chi connectivity index (χ0v) is 52.7. The minimum atomic E-state index is -0.775. The zero-order chi connectivity index (χ0) is 56.4. The summed E-state index contributed by atoms with van der Waals surface area (Å²) in [4.78, 5) is 38.3. The molecule has 0 aliphatic carbocycles. The number of unbranched alkanes of at least 4 members (excludes halogenated alkanes) is 48. The average molecular weight is 1100 g/mol. The van der Waals surface area contributed by atoms with Crippen molar-refractivity contribution in [2.45, 2.75) is 393 Å². The number of carbonyl (C=O) groups excluding carboxylic acids is 3. The van der Waals surface area contributed by atoms with E-state index < -0.39 is 6.10 Å². The molecule has 1 unspecified atom stereocenters. The maximum atomic E-state index is 12.9. The van der Waals surface area contributed by atoms with Crippen LogP contribution in [0.2, 0.25) is 0 Å². The molecule has 458 valence electrons. The largest absolute Gasteiger partial charge is 0.462 e. The lowest BCUT2D eigenvalue weighted by molar-refractivity contribution is -0.167. The van der Waals surface area contributed by atoms with Crippen LogP contribution < -0.4 is 0 Å². The summed E-state index contributed by atoms with van der Waals surface area (Å²) in [6.07, 6.45) is 83.3. The molecule has 0 aromatic carbocycles. The standard InChI is InChI=1S/C72H134O6/c1-4-7-10-13-16-19-22-25-27-29-30-31-32-33-34-35-36-37-38-39-40-41-42-43-45-47-50-53-56-59-62-65-71(74)77-68-69(67-76-70(73)64-61-58-55-52-49-46-24-21-18-15-12-9-6-3)78-72(75)66-63-60-57-54-51-48-44-28-26-23-20-17-14-11-8-5-2/h12,15,21,24,29-30,69H,4-11,13-14,16-20,22-23,25-28,31-68H2,1-3H3/b15-12-,24-21-,30-29-. The molecule has 0 heterocycles. The first-order valence-corrected chi connectivity index (χ1v) is 35.0. The van der Waals surface area contributed by atoms with E-state index in [1.165, 1.54) is 263 Å². The molecule has 0 N–H and O–H groups in total. The van der Waals surface area contributed by atoms with Crippen LogP contribution in [0.25, 0.3) is 0 Å². The van der Waals surface area contributed by atoms with Crippen molar-refractivity contribution in [1.82, 2.24) is 0 Å². The van der Waals surface area contributed by atoms with Crippen LogP contribution in [0.5, 0.6) is 0 Å². The van der Waals surface area contributed by atoms with Crippen molar-refractivity contribution in [2.24, 2.45) is 0 Å². The molecular formula is C72H134O6. The normalized spacial score (nSPS) is 12.2. The molecule has 0 saturated carbocycles. The van der Waals surface area contributed by atoms with Gasteiger partial charge in [0.15, 0.2) is 6.10 Å². The van der Waals surface area contributed by atoms with E-state index in [2.05, 4.69) is 57.2 Å². The minimum Gasteiger partial charge on any atom is -0.462 e. The van der Waals surface area contributed by atoms with Gasteiger partial charge in [-0.25, -0.2) is 0 Å². The van der Waals surface area contributed by atoms with Gasteiger partial charge in [0.2, 0.25) is 0 Å². The number of esters is 3. The van der Waals surface area contributed by atoms with Gasteiger partial charge in [-0.3, -0.25) is 14.4 Å². The molecular weight excluding hydrogens is 961 g/mol. The summed E-state index contributed by atoms with van der Waals surface area (Å²) in [5, 5.41) is 0. The summed E-state index contributed by atoms with van der Waals surface area (Å²) in [5.74, 6) is -0.859. The van der Waals surface area contributed by atoms with Crippen LogP contribution >= 0.6 is 0 Å². The van der Waals surface area contributed by atoms with Crippen molar-refractivity contribution < 1.29 is 28.6 Å². The topological polar surface area (TPSA) is 78.9 Å². The van der Waals surface area contributed by atoms with Gasteiger partial charge in [0.1, 0.15) is 13.2 Å². The maximum absolute atomic E-state index is 12.9. The Labute approximate surface area is 486 Å². The van der Waals surface area contributed by atoms with Gasteiger partial charge in [-0.05, 0) is 70.6 Å². The lowest BCUT2D eigenvalue weighted by Crippen LogP contribution is -2.30. The van der Waals surface area contributed by atoms with Crippen LogP contribution in [0.3, 0.4) is 0 Å². The maximum Gasteiger partial charge on any atom is 0.306 e. The highest BCUT2D eigenvalue weighted by molar-refractivity contribution is 5.71. The van der Waals surface area contributed by atoms with Crippen molar-refractivity contribution >= 4 is 17.9 Å². The minimum absolute atomic E-state index is 0.0711. The monoisotopic (exact) mass is 1100 g/mol. The van der Waals surface area contributed by atoms with Crippen LogP contribution in [-0.4, -0.2) is 37.2 Å². The summed E-state index contributed by atoms with van der Waals surface area (Å²) in [6.45, 7) is 6.63. The van der Waals surface area contributed by atoms with Gasteiger partial charge in [-0.2, -0.15) is 0 Å². The Bertz CT molecular complexity index is 1300. The zero-order valence-electron chi connectivity index (χ0n) is 52.7. The fraction of sp³-hybridized carbons (Fsp3) is 0.875. The van der Waals surface area contributed by atoms with Crippen molar-refractivity contribution in [3.63, 3.8) is 0 Å². The second-order valence-electron chi connectivity index (χ2n) is 23.8. The summed E-state index contributed by atoms with van der Waals surface area (Å²) in [5.41, 5.74) is 0. The van der Waals surface area contributed by atoms with Gasteiger partial charge in [-0.1, -0.05) is 333 Å². The number of hydrogen-bond donors (Lipinski definition) is 0. The third kappa shape index (κ3) is 64.5. The molecule has 0 radical (unpaired) electrons. The Hall–Kier alpha value is -2.37. The predicted octanol–water partition coefficient (Wildman–Crippen LogP) is 23.9. The molecule has 6 heteroatoms. The molecule has 0 aromatic rings. The predicted molar refractivity (Wildman–Crippen MR) is 339 cm³/mol. The molecule has 6 nitrogen and oxygen atoms in total. The molecule has 0 aliphatic heterocycles. The van der Waals surface area contributed by atoms with Crippen molar-refractivity contribution in [1.29, 1.82) is 0 Å². The van der Waals surface area contributed by atoms with Gasteiger partial charge >= 0.3 is 17.9 Å². The highest BCUT2D eigenvalue weighted by atomic mass is 16.6. The van der Waals surface area contributed by atoms with E-state index in [0.29, 0.717) is 19.3 Å². The van der Waals surface area contributed by atoms with E-state index in [-0.39, 0.29) is 31.1 Å². The smallest absolute Gasteiger partial charge is 0.306 e. The molecule has 0 aliphatic rings. The Morgan fingerprint density at radius 1 is 0.256 bits per heavy atom. The number of ether oxygens (including phenoxy) is 3. The van der Waals surface area contributed by atoms with E-state index in [9.17, 15) is 14.4 Å². The molecule has 0 aromatic heterocycles. The van der Waals surface area contributed by atoms with Gasteiger partial charge in [0.25, 0.3) is 0 Å². The van der Waals surface area contributed by atoms with Gasteiger partial charge in [-0.15, -0.1) is 0 Å². The average Bonchev–Trinajstić information content (AvgIpc) is 3.44. The van der Waals surface area contributed by atoms with E-state index >= 15 is 0 Å². The summed E-state index contributed by atoms with van der Waals surface area (Å²) >= 11 is 0. The summed E-state index contributed by atoms with van der Waals surface area (Å²) < 4.78 is 16.9. The van der Waals surface area contributed by atoms with Crippen LogP contribution in [0.15, 0.2) is 36.5 Å². The fourth-order valence-corrected chi connectivity index (χ4v) is 10.6. The van der Waals surface area contributed by atoms with Crippen molar-refractivity contribution in [2.75, 3.05) is 13.2 Å². The number of rotatable bonds is 65. The molecule has 0 amide bonds. The molecule has 0 fully saturated rings. The van der Waals surface area contributed by atoms with Crippen molar-refractivity contribution in [3.05, 3.63) is 36.5 Å². The number of carbonyl (C=O) groups is 3. The Morgan fingerprint density at radius 2 is 0.487 bits per heavy atom. The van der Waals surface area contributed by atoms with E-state index in [1.807, 2.05) is 0 Å². The first-order valence-electron chi connectivity index (χ1n) is 35.0. The second-order valence-corrected chi connectivity index (χ2v) is 23.8. The second kappa shape index (κ2) is 67.1. The SMILES string of the molecule is CCC/C=C\C/C=C\CCCCCCCC(=O)OCC(COC(=O)CCCCCCCCCCCCCCCCCCCCC/C=C\CCCCCCCCCC)OC(=O)CCCCCCCCCCCCCCCCCC. The van der Waals surface area contributed by atoms with Crippen LogP contribution in [-0.2, 0) is 28.6 Å². The molecule has 0 bridgehead atoms. The molecule has 0 rings (SSSR count). The van der Waals surface area contributed by atoms with Crippen LogP contribution in [0.1, 0.15) is 387 Å². The Balaban J connectivity index is 4.12. The fourth-order valence-electron chi connectivity index (χ4n) is 10.6. The summed E-state index contributed by atoms with van der Waals surface area (Å²) in [6, 6.07) is 0. The van der Waals surface area contributed by atoms with Crippen molar-refractivity contribution in [3.8, 4) is 0 Å². The molecule has 1 atom stereocenters. The number of hydrogen-bond acceptors (Lipinski definition) is 6. The first kappa shape index (κ1) is 75.6. The quantitative estimate of drug-likeness (QED) is 0.0261. The van der Waals surface area contributed by atoms with Gasteiger partial charge < -0.3 is 14.2 Å². The lowest BCUT2D eigenvalue weighted by atomic mass is 10.0. The third-order valence-corrected chi connectivity index (χ3v) is 15.8. The van der Waals surface area contributed by atoms with Gasteiger partial charge in [0.05, 0.1) is 0 Å². The summed E-state index contributed by atoms with van der Waals surface area (Å²) in [7, 11) is 0. The highest BCUT2D eigenvalue weighted by Gasteiger charge is 2.19. The van der Waals surface area contributed by atoms with Gasteiger partial charge in [0, 0.05) is 19.3 Å². The number of allylic oxidation sites excluding steroid dienone is 6. The first-order chi connectivity index (χ1) is 38.5. The highest BCUT2D eigenvalue weighted by Crippen LogP contribution is 2.18. The Morgan fingerprint density at radius 3 is 0.769 bits per heavy atom. The lowest BCUT2D eigenvalue weighted by Gasteiger charge is -2.18. The van der Waals surface area contributed by atoms with E-state index in [1.54, 1.807) is 0 Å². The van der Waals surface area contributed by atoms with Crippen LogP contribution in [0.4, 0.5) is 0 Å². The molecule has 78 heavy (non-hydrogen) atoms. The van der Waals surface area contributed by atoms with E-state index in [4.69, 9.17) is 14.2 Å². The molecule has 0 spiro atoms. The Kier molecular flexibility index (Phi) is 65.1. The van der Waals surface area contributed by atoms with Crippen LogP contribution in [0, 0.1) is 0 Å².